The lowest BCUT2D eigenvalue weighted by Gasteiger charge is -2.26. The van der Waals surface area contributed by atoms with Crippen LogP contribution in [-0.2, 0) is 6.54 Å². The Morgan fingerprint density at radius 3 is 2.75 bits per heavy atom. The smallest absolute Gasteiger partial charge is 0.342 e. The molecule has 0 unspecified atom stereocenters. The Labute approximate surface area is 97.5 Å². The molecule has 0 spiro atoms. The highest BCUT2D eigenvalue weighted by Gasteiger charge is 2.21. The normalized spacial score (nSPS) is 15.8. The van der Waals surface area contributed by atoms with Crippen LogP contribution in [0.5, 0.6) is 0 Å². The number of rotatable bonds is 3. The maximum Gasteiger partial charge on any atom is 0.342 e. The number of carboxylic acids is 1. The summed E-state index contributed by atoms with van der Waals surface area (Å²) in [5.41, 5.74) is -0.838. The number of hydrogen-bond acceptors (Lipinski definition) is 2. The first kappa shape index (κ1) is 11.2. The number of halogens is 1. The fourth-order valence-corrected chi connectivity index (χ4v) is 2.06. The molecule has 86 valence electrons. The van der Waals surface area contributed by atoms with Gasteiger partial charge in [-0.25, -0.2) is 4.79 Å². The first-order chi connectivity index (χ1) is 7.59. The summed E-state index contributed by atoms with van der Waals surface area (Å²) >= 11 is 5.69. The summed E-state index contributed by atoms with van der Waals surface area (Å²) in [6.07, 6.45) is 4.98. The highest BCUT2D eigenvalue weighted by Crippen LogP contribution is 2.27. The summed E-state index contributed by atoms with van der Waals surface area (Å²) in [6, 6.07) is 1.46. The topological polar surface area (TPSA) is 59.3 Å². The van der Waals surface area contributed by atoms with Gasteiger partial charge in [-0.3, -0.25) is 4.79 Å². The summed E-state index contributed by atoms with van der Waals surface area (Å²) in [6.45, 7) is 0.594. The summed E-state index contributed by atoms with van der Waals surface area (Å²) in [5.74, 6) is -0.765. The fraction of sp³-hybridized carbons (Fsp3) is 0.455. The van der Waals surface area contributed by atoms with E-state index in [-0.39, 0.29) is 10.6 Å². The molecule has 1 heterocycles. The van der Waals surface area contributed by atoms with Crippen LogP contribution in [0.2, 0.25) is 5.02 Å². The first-order valence-corrected chi connectivity index (χ1v) is 5.59. The molecule has 5 heteroatoms. The Morgan fingerprint density at radius 1 is 1.56 bits per heavy atom. The molecule has 1 aliphatic carbocycles. The molecule has 1 aromatic heterocycles. The largest absolute Gasteiger partial charge is 0.477 e. The molecule has 1 aliphatic rings. The van der Waals surface area contributed by atoms with Gasteiger partial charge in [0.05, 0.1) is 5.02 Å². The molecule has 0 atom stereocenters. The third kappa shape index (κ3) is 1.97. The molecule has 0 aliphatic heterocycles. The molecule has 0 radical (unpaired) electrons. The SMILES string of the molecule is O=C(O)c1c(Cl)ccn(CC2CCC2)c1=O. The van der Waals surface area contributed by atoms with Gasteiger partial charge in [0.2, 0.25) is 0 Å². The van der Waals surface area contributed by atoms with Gasteiger partial charge in [-0.15, -0.1) is 0 Å². The maximum absolute atomic E-state index is 11.8. The Hall–Kier alpha value is -1.29. The second kappa shape index (κ2) is 4.29. The molecular weight excluding hydrogens is 230 g/mol. The quantitative estimate of drug-likeness (QED) is 0.881. The molecule has 1 saturated carbocycles. The Morgan fingerprint density at radius 2 is 2.25 bits per heavy atom. The van der Waals surface area contributed by atoms with Crippen molar-refractivity contribution in [2.75, 3.05) is 0 Å². The van der Waals surface area contributed by atoms with Crippen LogP contribution < -0.4 is 5.56 Å². The highest BCUT2D eigenvalue weighted by molar-refractivity contribution is 6.33. The minimum absolute atomic E-state index is 0.00218. The molecule has 1 aromatic rings. The number of pyridine rings is 1. The third-order valence-corrected chi connectivity index (χ3v) is 3.32. The minimum Gasteiger partial charge on any atom is -0.477 e. The van der Waals surface area contributed by atoms with Crippen molar-refractivity contribution in [2.24, 2.45) is 5.92 Å². The lowest BCUT2D eigenvalue weighted by atomic mass is 9.85. The van der Waals surface area contributed by atoms with E-state index >= 15 is 0 Å². The third-order valence-electron chi connectivity index (χ3n) is 3.01. The van der Waals surface area contributed by atoms with Gasteiger partial charge in [-0.2, -0.15) is 0 Å². The number of carbonyl (C=O) groups is 1. The number of hydrogen-bond donors (Lipinski definition) is 1. The predicted molar refractivity (Wildman–Crippen MR) is 60.0 cm³/mol. The van der Waals surface area contributed by atoms with Crippen LogP contribution >= 0.6 is 11.6 Å². The van der Waals surface area contributed by atoms with E-state index in [9.17, 15) is 9.59 Å². The van der Waals surface area contributed by atoms with Gasteiger partial charge in [0.1, 0.15) is 5.56 Å². The van der Waals surface area contributed by atoms with Gasteiger partial charge in [-0.05, 0) is 24.8 Å². The zero-order valence-electron chi connectivity index (χ0n) is 8.65. The molecule has 0 saturated heterocycles. The Bertz CT molecular complexity index is 477. The van der Waals surface area contributed by atoms with Gasteiger partial charge in [0.15, 0.2) is 0 Å². The lowest BCUT2D eigenvalue weighted by molar-refractivity contribution is 0.0694. The van der Waals surface area contributed by atoms with Gasteiger partial charge < -0.3 is 9.67 Å². The molecule has 0 aromatic carbocycles. The second-order valence-corrected chi connectivity index (χ2v) is 4.51. The summed E-state index contributed by atoms with van der Waals surface area (Å²) in [4.78, 5) is 22.7. The van der Waals surface area contributed by atoms with E-state index in [1.807, 2.05) is 0 Å². The molecule has 0 amide bonds. The van der Waals surface area contributed by atoms with Crippen molar-refractivity contribution in [1.82, 2.24) is 4.57 Å². The van der Waals surface area contributed by atoms with Crippen LogP contribution in [0, 0.1) is 5.92 Å². The van der Waals surface area contributed by atoms with E-state index in [2.05, 4.69) is 0 Å². The predicted octanol–water partition coefficient (Wildman–Crippen LogP) is 2.00. The van der Waals surface area contributed by atoms with Gasteiger partial charge in [0, 0.05) is 12.7 Å². The van der Waals surface area contributed by atoms with E-state index in [4.69, 9.17) is 16.7 Å². The van der Waals surface area contributed by atoms with Gasteiger partial charge in [-0.1, -0.05) is 18.0 Å². The highest BCUT2D eigenvalue weighted by atomic mass is 35.5. The van der Waals surface area contributed by atoms with Crippen LogP contribution in [0.25, 0.3) is 0 Å². The van der Waals surface area contributed by atoms with Crippen molar-refractivity contribution >= 4 is 17.6 Å². The lowest BCUT2D eigenvalue weighted by Crippen LogP contribution is -2.30. The van der Waals surface area contributed by atoms with Crippen LogP contribution in [0.15, 0.2) is 17.1 Å². The summed E-state index contributed by atoms with van der Waals surface area (Å²) < 4.78 is 1.44. The average molecular weight is 242 g/mol. The molecular formula is C11H12ClNO3. The fourth-order valence-electron chi connectivity index (χ4n) is 1.84. The van der Waals surface area contributed by atoms with Crippen molar-refractivity contribution in [1.29, 1.82) is 0 Å². The van der Waals surface area contributed by atoms with Crippen LogP contribution in [0.1, 0.15) is 29.6 Å². The average Bonchev–Trinajstić information content (AvgIpc) is 2.13. The Balaban J connectivity index is 2.35. The number of nitrogens with zero attached hydrogens (tertiary/aromatic N) is 1. The molecule has 2 rings (SSSR count). The van der Waals surface area contributed by atoms with Crippen molar-refractivity contribution in [3.05, 3.63) is 33.2 Å². The van der Waals surface area contributed by atoms with Crippen molar-refractivity contribution in [3.63, 3.8) is 0 Å². The number of carboxylic acid groups (broad SMARTS) is 1. The maximum atomic E-state index is 11.8. The zero-order chi connectivity index (χ0) is 11.7. The Kier molecular flexibility index (Phi) is 3.01. The zero-order valence-corrected chi connectivity index (χ0v) is 9.41. The molecule has 1 fully saturated rings. The summed E-state index contributed by atoms with van der Waals surface area (Å²) in [7, 11) is 0. The monoisotopic (exact) mass is 241 g/mol. The van der Waals surface area contributed by atoms with Crippen LogP contribution in [0.4, 0.5) is 0 Å². The molecule has 16 heavy (non-hydrogen) atoms. The van der Waals surface area contributed by atoms with Crippen LogP contribution in [-0.4, -0.2) is 15.6 Å². The minimum atomic E-state index is -1.27. The molecule has 0 bridgehead atoms. The van der Waals surface area contributed by atoms with E-state index in [1.54, 1.807) is 6.20 Å². The van der Waals surface area contributed by atoms with Gasteiger partial charge in [0.25, 0.3) is 5.56 Å². The van der Waals surface area contributed by atoms with E-state index < -0.39 is 11.5 Å². The summed E-state index contributed by atoms with van der Waals surface area (Å²) in [5, 5.41) is 8.88. The standard InChI is InChI=1S/C11H12ClNO3/c12-8-4-5-13(6-7-2-1-3-7)10(14)9(8)11(15)16/h4-5,7H,1-3,6H2,(H,15,16). The number of aromatic nitrogens is 1. The van der Waals surface area contributed by atoms with E-state index in [0.29, 0.717) is 12.5 Å². The van der Waals surface area contributed by atoms with Crippen molar-refractivity contribution < 1.29 is 9.90 Å². The molecule has 1 N–H and O–H groups in total. The van der Waals surface area contributed by atoms with Gasteiger partial charge >= 0.3 is 5.97 Å². The number of aromatic carboxylic acids is 1. The van der Waals surface area contributed by atoms with Crippen molar-refractivity contribution in [3.8, 4) is 0 Å². The first-order valence-electron chi connectivity index (χ1n) is 5.22. The molecule has 4 nitrogen and oxygen atoms in total. The van der Waals surface area contributed by atoms with E-state index in [1.165, 1.54) is 17.1 Å². The second-order valence-electron chi connectivity index (χ2n) is 4.10. The van der Waals surface area contributed by atoms with Crippen LogP contribution in [0.3, 0.4) is 0 Å². The van der Waals surface area contributed by atoms with Crippen molar-refractivity contribution in [2.45, 2.75) is 25.8 Å². The van der Waals surface area contributed by atoms with E-state index in [0.717, 1.165) is 12.8 Å².